The number of alkyl halides is 3. The van der Waals surface area contributed by atoms with Crippen LogP contribution in [0.25, 0.3) is 10.9 Å². The molecule has 4 aromatic rings. The highest BCUT2D eigenvalue weighted by atomic mass is 19.4. The highest BCUT2D eigenvalue weighted by Crippen LogP contribution is 2.32. The Balaban J connectivity index is 1.12. The van der Waals surface area contributed by atoms with E-state index in [1.54, 1.807) is 24.3 Å². The van der Waals surface area contributed by atoms with Gasteiger partial charge in [-0.3, -0.25) is 14.3 Å². The molecule has 1 aromatic heterocycles. The molecule has 8 nitrogen and oxygen atoms in total. The molecule has 2 amide bonds. The molecule has 11 heteroatoms. The molecule has 244 valence electrons. The van der Waals surface area contributed by atoms with Gasteiger partial charge in [0.05, 0.1) is 23.3 Å². The maximum Gasteiger partial charge on any atom is 0.416 e. The van der Waals surface area contributed by atoms with E-state index in [2.05, 4.69) is 5.32 Å². The molecule has 0 aliphatic carbocycles. The van der Waals surface area contributed by atoms with Gasteiger partial charge in [-0.15, -0.1) is 0 Å². The van der Waals surface area contributed by atoms with Crippen LogP contribution in [0.2, 0.25) is 0 Å². The number of aryl methyl sites for hydroxylation is 1. The van der Waals surface area contributed by atoms with Crippen molar-refractivity contribution >= 4 is 22.7 Å². The van der Waals surface area contributed by atoms with E-state index in [0.717, 1.165) is 48.0 Å². The maximum atomic E-state index is 13.2. The normalized spacial score (nSPS) is 14.5. The number of aromatic nitrogens is 2. The summed E-state index contributed by atoms with van der Waals surface area (Å²) in [5.41, 5.74) is 1.86. The lowest BCUT2D eigenvalue weighted by Crippen LogP contribution is -2.39. The number of benzene rings is 3. The van der Waals surface area contributed by atoms with Gasteiger partial charge in [-0.25, -0.2) is 0 Å². The van der Waals surface area contributed by atoms with Crippen LogP contribution >= 0.6 is 0 Å². The van der Waals surface area contributed by atoms with Gasteiger partial charge < -0.3 is 19.7 Å². The molecule has 1 aliphatic heterocycles. The standard InChI is InChI=1S/C35H39F3N4O4/c1-23-29(32(43)39-17-20-45-34(2,3)4)13-14-31-30(23)22-42(40-31)21-24-15-18-41(19-16-24)33(44)25-5-9-27(10-6-25)46-28-11-7-26(8-12-28)35(36,37)38/h5-14,22,24H,15-21H2,1-4H3,(H,39,43). The van der Waals surface area contributed by atoms with Gasteiger partial charge in [0.25, 0.3) is 11.8 Å². The average molecular weight is 637 g/mol. The monoisotopic (exact) mass is 636 g/mol. The first kappa shape index (κ1) is 33.0. The van der Waals surface area contributed by atoms with E-state index in [4.69, 9.17) is 14.6 Å². The van der Waals surface area contributed by atoms with Crippen molar-refractivity contribution in [3.63, 3.8) is 0 Å². The summed E-state index contributed by atoms with van der Waals surface area (Å²) in [6.45, 7) is 10.7. The van der Waals surface area contributed by atoms with Crippen molar-refractivity contribution in [1.29, 1.82) is 0 Å². The summed E-state index contributed by atoms with van der Waals surface area (Å²) < 4.78 is 51.7. The van der Waals surface area contributed by atoms with Crippen molar-refractivity contribution in [1.82, 2.24) is 20.0 Å². The van der Waals surface area contributed by atoms with E-state index in [1.807, 2.05) is 55.6 Å². The van der Waals surface area contributed by atoms with Gasteiger partial charge in [-0.2, -0.15) is 18.3 Å². The quantitative estimate of drug-likeness (QED) is 0.196. The molecule has 0 spiro atoms. The number of amides is 2. The van der Waals surface area contributed by atoms with Gasteiger partial charge in [-0.1, -0.05) is 0 Å². The van der Waals surface area contributed by atoms with E-state index < -0.39 is 11.7 Å². The lowest BCUT2D eigenvalue weighted by atomic mass is 9.96. The number of rotatable bonds is 9. The summed E-state index contributed by atoms with van der Waals surface area (Å²) in [5, 5.41) is 8.62. The van der Waals surface area contributed by atoms with Gasteiger partial charge in [0.1, 0.15) is 11.5 Å². The summed E-state index contributed by atoms with van der Waals surface area (Å²) in [5.74, 6) is 0.843. The molecule has 1 saturated heterocycles. The van der Waals surface area contributed by atoms with Crippen LogP contribution in [-0.4, -0.2) is 58.3 Å². The van der Waals surface area contributed by atoms with Crippen LogP contribution in [0.1, 0.15) is 65.5 Å². The van der Waals surface area contributed by atoms with Crippen molar-refractivity contribution in [2.24, 2.45) is 5.92 Å². The lowest BCUT2D eigenvalue weighted by Gasteiger charge is -2.32. The number of piperidine rings is 1. The Morgan fingerprint density at radius 1 is 0.935 bits per heavy atom. The Morgan fingerprint density at radius 2 is 1.57 bits per heavy atom. The number of halogens is 3. The van der Waals surface area contributed by atoms with Crippen molar-refractivity contribution in [3.8, 4) is 11.5 Å². The van der Waals surface area contributed by atoms with E-state index in [-0.39, 0.29) is 23.2 Å². The SMILES string of the molecule is Cc1c(C(=O)NCCOC(C)(C)C)ccc2nn(CC3CCN(C(=O)c4ccc(Oc5ccc(C(F)(F)F)cc5)cc4)CC3)cc12. The Kier molecular flexibility index (Phi) is 9.71. The maximum absolute atomic E-state index is 13.2. The van der Waals surface area contributed by atoms with Gasteiger partial charge in [0, 0.05) is 48.9 Å². The smallest absolute Gasteiger partial charge is 0.416 e. The Bertz CT molecular complexity index is 1670. The van der Waals surface area contributed by atoms with Crippen molar-refractivity contribution in [2.75, 3.05) is 26.2 Å². The van der Waals surface area contributed by atoms with E-state index >= 15 is 0 Å². The predicted octanol–water partition coefficient (Wildman–Crippen LogP) is 7.25. The molecule has 0 atom stereocenters. The minimum atomic E-state index is -4.41. The zero-order valence-electron chi connectivity index (χ0n) is 26.5. The number of fused-ring (bicyclic) bond motifs is 1. The average Bonchev–Trinajstić information content (AvgIpc) is 3.43. The summed E-state index contributed by atoms with van der Waals surface area (Å²) >= 11 is 0. The van der Waals surface area contributed by atoms with Crippen LogP contribution in [0.15, 0.2) is 66.9 Å². The van der Waals surface area contributed by atoms with Crippen LogP contribution in [0.5, 0.6) is 11.5 Å². The fourth-order valence-corrected chi connectivity index (χ4v) is 5.52. The predicted molar refractivity (Wildman–Crippen MR) is 169 cm³/mol. The number of hydrogen-bond donors (Lipinski definition) is 1. The number of ether oxygens (including phenoxy) is 2. The molecular formula is C35H39F3N4O4. The first-order valence-corrected chi connectivity index (χ1v) is 15.4. The van der Waals surface area contributed by atoms with Gasteiger partial charge in [0.15, 0.2) is 0 Å². The second-order valence-electron chi connectivity index (χ2n) is 12.6. The molecule has 0 unspecified atom stereocenters. The summed E-state index contributed by atoms with van der Waals surface area (Å²) in [6.07, 6.45) is -0.744. The topological polar surface area (TPSA) is 85.7 Å². The number of carbonyl (C=O) groups is 2. The Labute approximate surface area is 266 Å². The summed E-state index contributed by atoms with van der Waals surface area (Å²) in [4.78, 5) is 27.8. The molecular weight excluding hydrogens is 597 g/mol. The minimum absolute atomic E-state index is 0.0734. The van der Waals surface area contributed by atoms with Crippen LogP contribution in [0.3, 0.4) is 0 Å². The third-order valence-electron chi connectivity index (χ3n) is 8.04. The van der Waals surface area contributed by atoms with Crippen LogP contribution < -0.4 is 10.1 Å². The van der Waals surface area contributed by atoms with Crippen LogP contribution in [0, 0.1) is 12.8 Å². The fraction of sp³-hybridized carbons (Fsp3) is 0.400. The third kappa shape index (κ3) is 8.25. The second kappa shape index (κ2) is 13.5. The van der Waals surface area contributed by atoms with Gasteiger partial charge in [-0.05, 0) is 113 Å². The van der Waals surface area contributed by atoms with Crippen molar-refractivity contribution in [3.05, 3.63) is 89.1 Å². The second-order valence-corrected chi connectivity index (χ2v) is 12.6. The first-order valence-electron chi connectivity index (χ1n) is 15.4. The largest absolute Gasteiger partial charge is 0.457 e. The number of carbonyl (C=O) groups excluding carboxylic acids is 2. The van der Waals surface area contributed by atoms with Crippen molar-refractivity contribution < 1.29 is 32.2 Å². The molecule has 1 N–H and O–H groups in total. The summed E-state index contributed by atoms with van der Waals surface area (Å²) in [7, 11) is 0. The Hall–Kier alpha value is -4.38. The number of nitrogens with one attached hydrogen (secondary N) is 1. The molecule has 46 heavy (non-hydrogen) atoms. The molecule has 0 radical (unpaired) electrons. The molecule has 2 heterocycles. The zero-order valence-corrected chi connectivity index (χ0v) is 26.5. The molecule has 3 aromatic carbocycles. The van der Waals surface area contributed by atoms with Gasteiger partial charge in [0.2, 0.25) is 0 Å². The van der Waals surface area contributed by atoms with E-state index in [0.29, 0.717) is 49.0 Å². The van der Waals surface area contributed by atoms with Crippen LogP contribution in [0.4, 0.5) is 13.2 Å². The molecule has 0 bridgehead atoms. The molecule has 0 saturated carbocycles. The number of hydrogen-bond acceptors (Lipinski definition) is 5. The Morgan fingerprint density at radius 3 is 2.17 bits per heavy atom. The third-order valence-corrected chi connectivity index (χ3v) is 8.04. The first-order chi connectivity index (χ1) is 21.8. The molecule has 1 fully saturated rings. The van der Waals surface area contributed by atoms with Crippen LogP contribution in [-0.2, 0) is 17.5 Å². The van der Waals surface area contributed by atoms with E-state index in [9.17, 15) is 22.8 Å². The van der Waals surface area contributed by atoms with Crippen molar-refractivity contribution in [2.45, 2.75) is 58.9 Å². The molecule has 1 aliphatic rings. The van der Waals surface area contributed by atoms with E-state index in [1.165, 1.54) is 12.1 Å². The summed E-state index contributed by atoms with van der Waals surface area (Å²) in [6, 6.07) is 14.8. The number of likely N-dealkylation sites (tertiary alicyclic amines) is 1. The highest BCUT2D eigenvalue weighted by Gasteiger charge is 2.30. The minimum Gasteiger partial charge on any atom is -0.457 e. The fourth-order valence-electron chi connectivity index (χ4n) is 5.52. The molecule has 5 rings (SSSR count). The zero-order chi connectivity index (χ0) is 33.1. The highest BCUT2D eigenvalue weighted by molar-refractivity contribution is 6.00. The van der Waals surface area contributed by atoms with Gasteiger partial charge >= 0.3 is 6.18 Å². The number of nitrogens with zero attached hydrogens (tertiary/aromatic N) is 3. The lowest BCUT2D eigenvalue weighted by molar-refractivity contribution is -0.137.